The van der Waals surface area contributed by atoms with Crippen molar-refractivity contribution >= 4 is 29.3 Å². The smallest absolute Gasteiger partial charge is 0.255 e. The van der Waals surface area contributed by atoms with Crippen molar-refractivity contribution in [2.45, 2.75) is 24.8 Å². The Morgan fingerprint density at radius 1 is 1.00 bits per heavy atom. The summed E-state index contributed by atoms with van der Waals surface area (Å²) in [4.78, 5) is 32.7. The largest absolute Gasteiger partial charge is 0.366 e. The highest BCUT2D eigenvalue weighted by Crippen LogP contribution is 2.23. The quantitative estimate of drug-likeness (QED) is 0.492. The zero-order valence-corrected chi connectivity index (χ0v) is 16.4. The summed E-state index contributed by atoms with van der Waals surface area (Å²) >= 11 is 1.49. The number of nitrogens with one attached hydrogen (secondary N) is 1. The molecule has 142 valence electrons. The summed E-state index contributed by atoms with van der Waals surface area (Å²) in [5.74, 6) is -0.147. The van der Waals surface area contributed by atoms with E-state index >= 15 is 0 Å². The molecule has 1 aromatic heterocycles. The lowest BCUT2D eigenvalue weighted by Crippen LogP contribution is -2.15. The summed E-state index contributed by atoms with van der Waals surface area (Å²) in [7, 11) is 0. The zero-order valence-electron chi connectivity index (χ0n) is 15.6. The normalized spacial score (nSPS) is 10.5. The zero-order chi connectivity index (χ0) is 20.1. The number of rotatable bonds is 6. The Hall–Kier alpha value is -3.19. The summed E-state index contributed by atoms with van der Waals surface area (Å²) in [6.45, 7) is 3.87. The molecule has 0 aliphatic carbocycles. The molecule has 6 nitrogen and oxygen atoms in total. The van der Waals surface area contributed by atoms with Gasteiger partial charge in [0.1, 0.15) is 0 Å². The number of amides is 2. The van der Waals surface area contributed by atoms with Crippen LogP contribution in [0.4, 0.5) is 5.69 Å². The highest BCUT2D eigenvalue weighted by Gasteiger charge is 2.13. The maximum absolute atomic E-state index is 12.7. The van der Waals surface area contributed by atoms with Crippen molar-refractivity contribution < 1.29 is 9.59 Å². The van der Waals surface area contributed by atoms with Crippen LogP contribution in [0.1, 0.15) is 37.7 Å². The third-order valence-electron chi connectivity index (χ3n) is 4.01. The number of hydrogen-bond donors (Lipinski definition) is 2. The van der Waals surface area contributed by atoms with Crippen LogP contribution in [-0.2, 0) is 5.75 Å². The standard InChI is InChI=1S/C21H20N4O2S/c1-13-11-14(2)24-21(23-13)28-12-16-5-3-4-6-18(16)20(27)25-17-9-7-15(8-10-17)19(22)26/h3-11H,12H2,1-2H3,(H2,22,26)(H,25,27). The predicted octanol–water partition coefficient (Wildman–Crippen LogP) is 3.74. The molecule has 0 spiro atoms. The van der Waals surface area contributed by atoms with Crippen LogP contribution in [0.25, 0.3) is 0 Å². The average Bonchev–Trinajstić information content (AvgIpc) is 2.66. The summed E-state index contributed by atoms with van der Waals surface area (Å²) in [5.41, 5.74) is 9.53. The number of benzene rings is 2. The molecule has 7 heteroatoms. The monoisotopic (exact) mass is 392 g/mol. The SMILES string of the molecule is Cc1cc(C)nc(SCc2ccccc2C(=O)Nc2ccc(C(N)=O)cc2)n1. The fraction of sp³-hybridized carbons (Fsp3) is 0.143. The molecule has 3 N–H and O–H groups in total. The first kappa shape index (κ1) is 19.6. The van der Waals surface area contributed by atoms with Crippen LogP contribution in [-0.4, -0.2) is 21.8 Å². The third-order valence-corrected chi connectivity index (χ3v) is 4.90. The minimum absolute atomic E-state index is 0.218. The van der Waals surface area contributed by atoms with Gasteiger partial charge in [-0.1, -0.05) is 30.0 Å². The van der Waals surface area contributed by atoms with Gasteiger partial charge in [-0.25, -0.2) is 9.97 Å². The predicted molar refractivity (Wildman–Crippen MR) is 110 cm³/mol. The van der Waals surface area contributed by atoms with Crippen LogP contribution < -0.4 is 11.1 Å². The molecular weight excluding hydrogens is 372 g/mol. The van der Waals surface area contributed by atoms with Gasteiger partial charge in [-0.3, -0.25) is 9.59 Å². The number of nitrogens with zero attached hydrogens (tertiary/aromatic N) is 2. The fourth-order valence-corrected chi connectivity index (χ4v) is 3.64. The topological polar surface area (TPSA) is 98.0 Å². The van der Waals surface area contributed by atoms with Crippen LogP contribution >= 0.6 is 11.8 Å². The number of aryl methyl sites for hydroxylation is 2. The van der Waals surface area contributed by atoms with Crippen LogP contribution in [0, 0.1) is 13.8 Å². The Morgan fingerprint density at radius 2 is 1.64 bits per heavy atom. The molecule has 28 heavy (non-hydrogen) atoms. The lowest BCUT2D eigenvalue weighted by molar-refractivity contribution is 0.0998. The first-order valence-electron chi connectivity index (χ1n) is 8.66. The minimum Gasteiger partial charge on any atom is -0.366 e. The summed E-state index contributed by atoms with van der Waals surface area (Å²) in [5, 5.41) is 3.54. The Bertz CT molecular complexity index is 999. The van der Waals surface area contributed by atoms with E-state index < -0.39 is 5.91 Å². The Balaban J connectivity index is 1.73. The van der Waals surface area contributed by atoms with Crippen LogP contribution in [0.2, 0.25) is 0 Å². The van der Waals surface area contributed by atoms with E-state index in [9.17, 15) is 9.59 Å². The van der Waals surface area contributed by atoms with Gasteiger partial charge in [-0.05, 0) is 55.8 Å². The second kappa shape index (κ2) is 8.67. The lowest BCUT2D eigenvalue weighted by atomic mass is 10.1. The van der Waals surface area contributed by atoms with E-state index in [1.165, 1.54) is 11.8 Å². The van der Waals surface area contributed by atoms with E-state index in [0.717, 1.165) is 17.0 Å². The third kappa shape index (κ3) is 4.95. The molecule has 0 radical (unpaired) electrons. The van der Waals surface area contributed by atoms with Gasteiger partial charge in [-0.2, -0.15) is 0 Å². The minimum atomic E-state index is -0.506. The molecule has 0 aliphatic rings. The van der Waals surface area contributed by atoms with Gasteiger partial charge in [0.2, 0.25) is 5.91 Å². The van der Waals surface area contributed by atoms with Crippen LogP contribution in [0.15, 0.2) is 59.8 Å². The van der Waals surface area contributed by atoms with Crippen molar-refractivity contribution in [2.24, 2.45) is 5.73 Å². The van der Waals surface area contributed by atoms with Gasteiger partial charge >= 0.3 is 0 Å². The van der Waals surface area contributed by atoms with E-state index in [2.05, 4.69) is 15.3 Å². The number of hydrogen-bond acceptors (Lipinski definition) is 5. The van der Waals surface area contributed by atoms with Crippen molar-refractivity contribution in [3.8, 4) is 0 Å². The van der Waals surface area contributed by atoms with E-state index in [-0.39, 0.29) is 5.91 Å². The second-order valence-corrected chi connectivity index (χ2v) is 7.22. The van der Waals surface area contributed by atoms with Crippen molar-refractivity contribution in [1.82, 2.24) is 9.97 Å². The Morgan fingerprint density at radius 3 is 2.29 bits per heavy atom. The fourth-order valence-electron chi connectivity index (χ4n) is 2.68. The number of carbonyl (C=O) groups is 2. The van der Waals surface area contributed by atoms with Crippen molar-refractivity contribution in [2.75, 3.05) is 5.32 Å². The molecule has 0 saturated heterocycles. The molecule has 0 fully saturated rings. The van der Waals surface area contributed by atoms with Gasteiger partial charge in [-0.15, -0.1) is 0 Å². The molecule has 0 bridgehead atoms. The molecule has 0 unspecified atom stereocenters. The second-order valence-electron chi connectivity index (χ2n) is 6.27. The average molecular weight is 392 g/mol. The summed E-state index contributed by atoms with van der Waals surface area (Å²) < 4.78 is 0. The van der Waals surface area contributed by atoms with Crippen molar-refractivity contribution in [3.63, 3.8) is 0 Å². The van der Waals surface area contributed by atoms with Crippen molar-refractivity contribution in [3.05, 3.63) is 82.7 Å². The Labute approximate surface area is 167 Å². The highest BCUT2D eigenvalue weighted by molar-refractivity contribution is 7.98. The molecule has 3 aromatic rings. The van der Waals surface area contributed by atoms with E-state index in [4.69, 9.17) is 5.73 Å². The van der Waals surface area contributed by atoms with E-state index in [1.807, 2.05) is 38.1 Å². The number of primary amides is 1. The van der Waals surface area contributed by atoms with Crippen LogP contribution in [0.5, 0.6) is 0 Å². The van der Waals surface area contributed by atoms with Gasteiger partial charge < -0.3 is 11.1 Å². The first-order valence-corrected chi connectivity index (χ1v) is 9.65. The lowest BCUT2D eigenvalue weighted by Gasteiger charge is -2.10. The van der Waals surface area contributed by atoms with Gasteiger partial charge in [0.25, 0.3) is 5.91 Å². The van der Waals surface area contributed by atoms with E-state index in [1.54, 1.807) is 30.3 Å². The Kier molecular flexibility index (Phi) is 6.06. The summed E-state index contributed by atoms with van der Waals surface area (Å²) in [6.07, 6.45) is 0. The first-order chi connectivity index (χ1) is 13.4. The molecule has 2 amide bonds. The number of nitrogens with two attached hydrogens (primary N) is 1. The molecule has 2 aromatic carbocycles. The number of carbonyl (C=O) groups excluding carboxylic acids is 2. The molecule has 0 atom stereocenters. The van der Waals surface area contributed by atoms with Gasteiger partial charge in [0.15, 0.2) is 5.16 Å². The van der Waals surface area contributed by atoms with Gasteiger partial charge in [0, 0.05) is 34.0 Å². The number of anilines is 1. The van der Waals surface area contributed by atoms with Gasteiger partial charge in [0.05, 0.1) is 0 Å². The van der Waals surface area contributed by atoms with Crippen molar-refractivity contribution in [1.29, 1.82) is 0 Å². The van der Waals surface area contributed by atoms with E-state index in [0.29, 0.717) is 27.7 Å². The number of aromatic nitrogens is 2. The number of thioether (sulfide) groups is 1. The molecule has 0 aliphatic heterocycles. The highest BCUT2D eigenvalue weighted by atomic mass is 32.2. The van der Waals surface area contributed by atoms with Crippen LogP contribution in [0.3, 0.4) is 0 Å². The maximum atomic E-state index is 12.7. The maximum Gasteiger partial charge on any atom is 0.255 e. The molecule has 1 heterocycles. The molecule has 0 saturated carbocycles. The summed E-state index contributed by atoms with van der Waals surface area (Å²) in [6, 6.07) is 15.8. The molecule has 3 rings (SSSR count). The molecular formula is C21H20N4O2S.